The summed E-state index contributed by atoms with van der Waals surface area (Å²) in [6, 6.07) is 0. The molecule has 2 aliphatic rings. The highest BCUT2D eigenvalue weighted by molar-refractivity contribution is 9.13. The van der Waals surface area contributed by atoms with Gasteiger partial charge < -0.3 is 10.5 Å². The van der Waals surface area contributed by atoms with Crippen LogP contribution in [0.3, 0.4) is 0 Å². The maximum absolute atomic E-state index is 11.2. The van der Waals surface area contributed by atoms with Crippen molar-refractivity contribution in [2.45, 2.75) is 31.6 Å². The van der Waals surface area contributed by atoms with Crippen molar-refractivity contribution in [2.24, 2.45) is 5.73 Å². The molecule has 1 amide bonds. The minimum absolute atomic E-state index is 0.223. The molecule has 0 saturated carbocycles. The summed E-state index contributed by atoms with van der Waals surface area (Å²) < 4.78 is 7.78. The molecule has 1 aromatic rings. The zero-order valence-electron chi connectivity index (χ0n) is 9.76. The summed E-state index contributed by atoms with van der Waals surface area (Å²) in [6.45, 7) is 0.722. The number of carbonyl (C=O) groups is 1. The first-order chi connectivity index (χ1) is 8.59. The Morgan fingerprint density at radius 1 is 1.28 bits per heavy atom. The van der Waals surface area contributed by atoms with Gasteiger partial charge in [0.2, 0.25) is 5.91 Å². The van der Waals surface area contributed by atoms with E-state index in [4.69, 9.17) is 10.5 Å². The Balaban J connectivity index is 2.15. The molecule has 96 valence electrons. The minimum Gasteiger partial charge on any atom is -0.492 e. The lowest BCUT2D eigenvalue weighted by atomic mass is 9.92. The second-order valence-electron chi connectivity index (χ2n) is 4.83. The molecule has 0 spiro atoms. The predicted octanol–water partition coefficient (Wildman–Crippen LogP) is 3.05. The Kier molecular flexibility index (Phi) is 3.14. The smallest absolute Gasteiger partial charge is 0.218 e. The minimum atomic E-state index is -0.223. The van der Waals surface area contributed by atoms with Crippen molar-refractivity contribution in [3.05, 3.63) is 25.6 Å². The van der Waals surface area contributed by atoms with E-state index in [0.717, 1.165) is 40.6 Å². The second kappa shape index (κ2) is 4.53. The van der Waals surface area contributed by atoms with Crippen LogP contribution in [0.15, 0.2) is 8.95 Å². The summed E-state index contributed by atoms with van der Waals surface area (Å²) >= 11 is 7.23. The van der Waals surface area contributed by atoms with E-state index >= 15 is 0 Å². The Morgan fingerprint density at radius 2 is 2.06 bits per heavy atom. The number of rotatable bonds is 2. The quantitative estimate of drug-likeness (QED) is 0.864. The van der Waals surface area contributed by atoms with Crippen LogP contribution in [0.5, 0.6) is 5.75 Å². The van der Waals surface area contributed by atoms with Crippen LogP contribution in [-0.2, 0) is 17.6 Å². The van der Waals surface area contributed by atoms with Crippen LogP contribution in [0.4, 0.5) is 0 Å². The fraction of sp³-hybridized carbons (Fsp3) is 0.462. The highest BCUT2D eigenvalue weighted by Gasteiger charge is 2.34. The lowest BCUT2D eigenvalue weighted by Crippen LogP contribution is -2.14. The third-order valence-electron chi connectivity index (χ3n) is 3.78. The van der Waals surface area contributed by atoms with Gasteiger partial charge in [0, 0.05) is 22.9 Å². The molecular formula is C13H13Br2NO2. The number of benzene rings is 1. The molecule has 18 heavy (non-hydrogen) atoms. The number of halogens is 2. The standard InChI is InChI=1S/C13H13Br2NO2/c14-11-7-2-1-6(5-9(16)17)10(7)8-3-4-18-13(8)12(11)15/h6H,1-5H2,(H2,16,17). The predicted molar refractivity (Wildman–Crippen MR) is 75.9 cm³/mol. The number of nitrogens with two attached hydrogens (primary N) is 1. The number of ether oxygens (including phenoxy) is 1. The van der Waals surface area contributed by atoms with Gasteiger partial charge in [-0.1, -0.05) is 0 Å². The lowest BCUT2D eigenvalue weighted by Gasteiger charge is -2.16. The zero-order valence-corrected chi connectivity index (χ0v) is 12.9. The van der Waals surface area contributed by atoms with E-state index in [2.05, 4.69) is 31.9 Å². The highest BCUT2D eigenvalue weighted by Crippen LogP contribution is 2.50. The van der Waals surface area contributed by atoms with Gasteiger partial charge in [-0.05, 0) is 61.7 Å². The average molecular weight is 375 g/mol. The Morgan fingerprint density at radius 3 is 2.78 bits per heavy atom. The third-order valence-corrected chi connectivity index (χ3v) is 5.94. The number of amides is 1. The van der Waals surface area contributed by atoms with Gasteiger partial charge in [0.25, 0.3) is 0 Å². The summed E-state index contributed by atoms with van der Waals surface area (Å²) in [4.78, 5) is 11.2. The van der Waals surface area contributed by atoms with Gasteiger partial charge in [0.05, 0.1) is 11.1 Å². The van der Waals surface area contributed by atoms with Crippen molar-refractivity contribution in [3.63, 3.8) is 0 Å². The summed E-state index contributed by atoms with van der Waals surface area (Å²) in [6.07, 6.45) is 3.37. The van der Waals surface area contributed by atoms with Gasteiger partial charge in [-0.25, -0.2) is 0 Å². The van der Waals surface area contributed by atoms with Crippen molar-refractivity contribution in [3.8, 4) is 5.75 Å². The molecule has 1 atom stereocenters. The first-order valence-corrected chi connectivity index (χ1v) is 7.62. The summed E-state index contributed by atoms with van der Waals surface area (Å²) in [5.74, 6) is 0.980. The SMILES string of the molecule is NC(=O)CC1CCc2c(Br)c(Br)c3c(c21)CCO3. The molecule has 0 fully saturated rings. The van der Waals surface area contributed by atoms with Crippen LogP contribution in [0.1, 0.15) is 35.4 Å². The van der Waals surface area contributed by atoms with Crippen LogP contribution in [-0.4, -0.2) is 12.5 Å². The topological polar surface area (TPSA) is 52.3 Å². The molecule has 1 aliphatic carbocycles. The first kappa shape index (κ1) is 12.5. The third kappa shape index (κ3) is 1.79. The van der Waals surface area contributed by atoms with E-state index in [1.54, 1.807) is 0 Å². The number of primary amides is 1. The maximum atomic E-state index is 11.2. The van der Waals surface area contributed by atoms with E-state index in [-0.39, 0.29) is 11.8 Å². The van der Waals surface area contributed by atoms with Gasteiger partial charge in [-0.3, -0.25) is 4.79 Å². The van der Waals surface area contributed by atoms with E-state index in [0.29, 0.717) is 6.42 Å². The van der Waals surface area contributed by atoms with Gasteiger partial charge >= 0.3 is 0 Å². The van der Waals surface area contributed by atoms with Crippen molar-refractivity contribution in [2.75, 3.05) is 6.61 Å². The van der Waals surface area contributed by atoms with Crippen molar-refractivity contribution >= 4 is 37.8 Å². The largest absolute Gasteiger partial charge is 0.492 e. The molecule has 3 nitrogen and oxygen atoms in total. The molecule has 1 aliphatic heterocycles. The molecule has 3 rings (SSSR count). The Hall–Kier alpha value is -0.550. The molecule has 1 aromatic carbocycles. The summed E-state index contributed by atoms with van der Waals surface area (Å²) in [7, 11) is 0. The molecule has 0 saturated heterocycles. The van der Waals surface area contributed by atoms with E-state index in [1.165, 1.54) is 16.7 Å². The fourth-order valence-electron chi connectivity index (χ4n) is 3.09. The van der Waals surface area contributed by atoms with E-state index in [9.17, 15) is 4.79 Å². The van der Waals surface area contributed by atoms with Gasteiger partial charge in [-0.2, -0.15) is 0 Å². The van der Waals surface area contributed by atoms with Crippen LogP contribution < -0.4 is 10.5 Å². The van der Waals surface area contributed by atoms with Crippen LogP contribution >= 0.6 is 31.9 Å². The normalized spacial score (nSPS) is 20.4. The molecule has 1 heterocycles. The number of hydrogen-bond acceptors (Lipinski definition) is 2. The highest BCUT2D eigenvalue weighted by atomic mass is 79.9. The van der Waals surface area contributed by atoms with Gasteiger partial charge in [-0.15, -0.1) is 0 Å². The number of carbonyl (C=O) groups excluding carboxylic acids is 1. The number of fused-ring (bicyclic) bond motifs is 3. The van der Waals surface area contributed by atoms with E-state index in [1.807, 2.05) is 0 Å². The van der Waals surface area contributed by atoms with Gasteiger partial charge in [0.1, 0.15) is 5.75 Å². The zero-order chi connectivity index (χ0) is 12.9. The number of hydrogen-bond donors (Lipinski definition) is 1. The summed E-state index contributed by atoms with van der Waals surface area (Å²) in [5, 5.41) is 0. The average Bonchev–Trinajstić information content (AvgIpc) is 2.91. The van der Waals surface area contributed by atoms with E-state index < -0.39 is 0 Å². The molecule has 1 unspecified atom stereocenters. The monoisotopic (exact) mass is 373 g/mol. The van der Waals surface area contributed by atoms with Crippen molar-refractivity contribution in [1.29, 1.82) is 0 Å². The molecular weight excluding hydrogens is 362 g/mol. The lowest BCUT2D eigenvalue weighted by molar-refractivity contribution is -0.118. The maximum Gasteiger partial charge on any atom is 0.218 e. The molecule has 0 radical (unpaired) electrons. The van der Waals surface area contributed by atoms with Crippen molar-refractivity contribution < 1.29 is 9.53 Å². The molecule has 2 N–H and O–H groups in total. The first-order valence-electron chi connectivity index (χ1n) is 6.03. The fourth-order valence-corrected chi connectivity index (χ4v) is 4.27. The van der Waals surface area contributed by atoms with Crippen LogP contribution in [0.25, 0.3) is 0 Å². The summed E-state index contributed by atoms with van der Waals surface area (Å²) in [5.41, 5.74) is 9.24. The van der Waals surface area contributed by atoms with Crippen molar-refractivity contribution in [1.82, 2.24) is 0 Å². The van der Waals surface area contributed by atoms with Gasteiger partial charge in [0.15, 0.2) is 0 Å². The Bertz CT molecular complexity index is 543. The van der Waals surface area contributed by atoms with Crippen LogP contribution in [0.2, 0.25) is 0 Å². The Labute approximate surface area is 122 Å². The molecule has 0 bridgehead atoms. The molecule has 5 heteroatoms. The molecule has 0 aromatic heterocycles. The van der Waals surface area contributed by atoms with Crippen LogP contribution in [0, 0.1) is 0 Å². The second-order valence-corrected chi connectivity index (χ2v) is 6.42.